The second kappa shape index (κ2) is 7.01. The topological polar surface area (TPSA) is 117 Å². The lowest BCUT2D eigenvalue weighted by atomic mass is 10.1. The fourth-order valence-electron chi connectivity index (χ4n) is 2.39. The number of esters is 1. The lowest BCUT2D eigenvalue weighted by Gasteiger charge is -2.05. The number of methoxy groups -OCH3 is 1. The summed E-state index contributed by atoms with van der Waals surface area (Å²) in [4.78, 5) is 34.5. The first kappa shape index (κ1) is 17.1. The highest BCUT2D eigenvalue weighted by molar-refractivity contribution is 5.89. The zero-order valence-corrected chi connectivity index (χ0v) is 13.6. The Morgan fingerprint density at radius 3 is 2.69 bits per heavy atom. The Hall–Kier alpha value is -3.75. The van der Waals surface area contributed by atoms with Crippen molar-refractivity contribution in [3.8, 4) is 11.3 Å². The smallest absolute Gasteiger partial charge is 0.343 e. The minimum Gasteiger partial charge on any atom is -0.465 e. The van der Waals surface area contributed by atoms with Gasteiger partial charge in [-0.25, -0.2) is 4.79 Å². The molecule has 0 fully saturated rings. The highest BCUT2D eigenvalue weighted by atomic mass is 16.6. The van der Waals surface area contributed by atoms with Gasteiger partial charge in [-0.05, 0) is 0 Å². The van der Waals surface area contributed by atoms with Crippen molar-refractivity contribution in [3.63, 3.8) is 0 Å². The number of ether oxygens (including phenoxy) is 1. The molecular weight excluding hydrogens is 342 g/mol. The molecule has 0 aliphatic heterocycles. The molecule has 26 heavy (non-hydrogen) atoms. The summed E-state index contributed by atoms with van der Waals surface area (Å²) in [6.07, 6.45) is 1.05. The minimum atomic E-state index is -0.947. The summed E-state index contributed by atoms with van der Waals surface area (Å²) >= 11 is 0. The van der Waals surface area contributed by atoms with E-state index in [0.717, 1.165) is 29.5 Å². The molecule has 0 saturated heterocycles. The summed E-state index contributed by atoms with van der Waals surface area (Å²) in [6.45, 7) is -0.0964. The maximum Gasteiger partial charge on any atom is 0.343 e. The van der Waals surface area contributed by atoms with Gasteiger partial charge in [-0.3, -0.25) is 14.9 Å². The molecule has 0 unspecified atom stereocenters. The Morgan fingerprint density at radius 1 is 1.31 bits per heavy atom. The first-order chi connectivity index (χ1) is 12.5. The van der Waals surface area contributed by atoms with Gasteiger partial charge in [0.05, 0.1) is 24.8 Å². The molecule has 0 spiro atoms. The molecule has 0 aliphatic carbocycles. The average molecular weight is 355 g/mol. The summed E-state index contributed by atoms with van der Waals surface area (Å²) in [5.74, 6) is -0.454. The predicted molar refractivity (Wildman–Crippen MR) is 89.7 cm³/mol. The molecule has 132 valence electrons. The highest BCUT2D eigenvalue weighted by Crippen LogP contribution is 2.20. The van der Waals surface area contributed by atoms with Crippen LogP contribution in [0.15, 0.2) is 58.0 Å². The third-order valence-electron chi connectivity index (χ3n) is 3.64. The zero-order chi connectivity index (χ0) is 18.7. The maximum absolute atomic E-state index is 12.4. The van der Waals surface area contributed by atoms with E-state index in [1.54, 1.807) is 6.07 Å². The van der Waals surface area contributed by atoms with Crippen LogP contribution in [0.4, 0.5) is 5.69 Å². The predicted octanol–water partition coefficient (Wildman–Crippen LogP) is 2.25. The zero-order valence-electron chi connectivity index (χ0n) is 13.6. The third-order valence-corrected chi connectivity index (χ3v) is 3.64. The second-order valence-electron chi connectivity index (χ2n) is 5.34. The van der Waals surface area contributed by atoms with Crippen LogP contribution >= 0.6 is 0 Å². The van der Waals surface area contributed by atoms with Gasteiger partial charge in [0.1, 0.15) is 11.3 Å². The lowest BCUT2D eigenvalue weighted by Crippen LogP contribution is -2.27. The number of hydrogen-bond acceptors (Lipinski definition) is 7. The second-order valence-corrected chi connectivity index (χ2v) is 5.34. The van der Waals surface area contributed by atoms with Gasteiger partial charge in [0.25, 0.3) is 11.2 Å². The molecular formula is C17H13N3O6. The van der Waals surface area contributed by atoms with Crippen LogP contribution in [0.25, 0.3) is 11.3 Å². The van der Waals surface area contributed by atoms with E-state index in [-0.39, 0.29) is 6.54 Å². The molecule has 9 nitrogen and oxygen atoms in total. The largest absolute Gasteiger partial charge is 0.465 e. The molecule has 2 heterocycles. The van der Waals surface area contributed by atoms with Crippen molar-refractivity contribution in [1.29, 1.82) is 0 Å². The van der Waals surface area contributed by atoms with E-state index in [2.05, 4.69) is 9.89 Å². The average Bonchev–Trinajstić information content (AvgIpc) is 3.12. The number of nitrogens with zero attached hydrogens (tertiary/aromatic N) is 3. The Morgan fingerprint density at radius 2 is 2.04 bits per heavy atom. The fraction of sp³-hybridized carbons (Fsp3) is 0.118. The number of aromatic nitrogens is 2. The van der Waals surface area contributed by atoms with Crippen LogP contribution in [-0.4, -0.2) is 27.7 Å². The summed E-state index contributed by atoms with van der Waals surface area (Å²) in [7, 11) is 1.09. The maximum atomic E-state index is 12.4. The molecule has 3 aromatic rings. The van der Waals surface area contributed by atoms with Crippen LogP contribution in [0.2, 0.25) is 0 Å². The number of nitro groups is 1. The fourth-order valence-corrected chi connectivity index (χ4v) is 2.39. The summed E-state index contributed by atoms with van der Waals surface area (Å²) in [6, 6.07) is 11.7. The normalized spacial score (nSPS) is 10.5. The Balaban J connectivity index is 1.98. The van der Waals surface area contributed by atoms with E-state index in [0.29, 0.717) is 11.5 Å². The van der Waals surface area contributed by atoms with Gasteiger partial charge in [0.2, 0.25) is 0 Å². The summed E-state index contributed by atoms with van der Waals surface area (Å²) in [5, 5.41) is 15.0. The van der Waals surface area contributed by atoms with Crippen LogP contribution in [0, 0.1) is 10.1 Å². The van der Waals surface area contributed by atoms with Gasteiger partial charge >= 0.3 is 5.97 Å². The molecule has 0 saturated carbocycles. The Bertz CT molecular complexity index is 1020. The molecule has 0 radical (unpaired) electrons. The van der Waals surface area contributed by atoms with Crippen molar-refractivity contribution in [1.82, 2.24) is 9.72 Å². The van der Waals surface area contributed by atoms with E-state index >= 15 is 0 Å². The number of hydrogen-bond donors (Lipinski definition) is 0. The van der Waals surface area contributed by atoms with Gasteiger partial charge in [-0.1, -0.05) is 35.5 Å². The minimum absolute atomic E-state index is 0.0964. The molecule has 0 aliphatic rings. The molecule has 0 amide bonds. The van der Waals surface area contributed by atoms with Crippen LogP contribution in [-0.2, 0) is 11.3 Å². The van der Waals surface area contributed by atoms with Gasteiger partial charge in [0, 0.05) is 17.7 Å². The van der Waals surface area contributed by atoms with Crippen LogP contribution < -0.4 is 5.56 Å². The van der Waals surface area contributed by atoms with Crippen LogP contribution in [0.3, 0.4) is 0 Å². The number of carbonyl (C=O) groups is 1. The SMILES string of the molecule is COC(=O)c1cc([N+](=O)[O-])cn(Cc2cc(-c3ccccc3)on2)c1=O. The van der Waals surface area contributed by atoms with Crippen molar-refractivity contribution in [3.05, 3.63) is 80.4 Å². The molecule has 0 atom stereocenters. The van der Waals surface area contributed by atoms with Gasteiger partial charge in [0.15, 0.2) is 5.76 Å². The lowest BCUT2D eigenvalue weighted by molar-refractivity contribution is -0.385. The van der Waals surface area contributed by atoms with Crippen molar-refractivity contribution in [2.45, 2.75) is 6.54 Å². The summed E-state index contributed by atoms with van der Waals surface area (Å²) < 4.78 is 10.8. The van der Waals surface area contributed by atoms with Crippen molar-refractivity contribution < 1.29 is 19.0 Å². The van der Waals surface area contributed by atoms with E-state index in [9.17, 15) is 19.7 Å². The van der Waals surface area contributed by atoms with E-state index in [4.69, 9.17) is 4.52 Å². The molecule has 3 rings (SSSR count). The molecule has 1 aromatic carbocycles. The Labute approximate surface area is 146 Å². The standard InChI is InChI=1S/C17H13N3O6/c1-25-17(22)14-8-13(20(23)24)10-19(16(14)21)9-12-7-15(26-18-12)11-5-3-2-4-6-11/h2-8,10H,9H2,1H3. The first-order valence-corrected chi connectivity index (χ1v) is 7.48. The van der Waals surface area contributed by atoms with Gasteiger partial charge in [-0.15, -0.1) is 0 Å². The number of carbonyl (C=O) groups excluding carboxylic acids is 1. The summed E-state index contributed by atoms with van der Waals surface area (Å²) in [5.41, 5.74) is -0.368. The van der Waals surface area contributed by atoms with Crippen LogP contribution in [0.5, 0.6) is 0 Å². The van der Waals surface area contributed by atoms with E-state index < -0.39 is 27.7 Å². The third kappa shape index (κ3) is 3.36. The first-order valence-electron chi connectivity index (χ1n) is 7.48. The molecule has 0 N–H and O–H groups in total. The molecule has 9 heteroatoms. The van der Waals surface area contributed by atoms with Gasteiger partial charge < -0.3 is 13.8 Å². The van der Waals surface area contributed by atoms with E-state index in [1.165, 1.54) is 0 Å². The quantitative estimate of drug-likeness (QED) is 0.391. The Kier molecular flexibility index (Phi) is 4.61. The number of benzene rings is 1. The van der Waals surface area contributed by atoms with Crippen molar-refractivity contribution in [2.75, 3.05) is 7.11 Å². The van der Waals surface area contributed by atoms with E-state index in [1.807, 2.05) is 30.3 Å². The van der Waals surface area contributed by atoms with Gasteiger partial charge in [-0.2, -0.15) is 0 Å². The molecule has 0 bridgehead atoms. The highest BCUT2D eigenvalue weighted by Gasteiger charge is 2.20. The van der Waals surface area contributed by atoms with Crippen molar-refractivity contribution >= 4 is 11.7 Å². The number of rotatable bonds is 5. The monoisotopic (exact) mass is 355 g/mol. The number of pyridine rings is 1. The van der Waals surface area contributed by atoms with Crippen LogP contribution in [0.1, 0.15) is 16.1 Å². The molecule has 2 aromatic heterocycles. The van der Waals surface area contributed by atoms with Crippen molar-refractivity contribution in [2.24, 2.45) is 0 Å².